The minimum Gasteiger partial charge on any atom is -0.304 e. The van der Waals surface area contributed by atoms with Gasteiger partial charge in [0.05, 0.1) is 11.7 Å². The molecule has 0 spiro atoms. The fourth-order valence-corrected chi connectivity index (χ4v) is 3.20. The Labute approximate surface area is 115 Å². The molecule has 0 radical (unpaired) electrons. The number of imidazole rings is 1. The van der Waals surface area contributed by atoms with Crippen molar-refractivity contribution < 1.29 is 0 Å². The molecule has 0 N–H and O–H groups in total. The van der Waals surface area contributed by atoms with Gasteiger partial charge < -0.3 is 9.30 Å². The van der Waals surface area contributed by atoms with Crippen LogP contribution in [0.4, 0.5) is 0 Å². The summed E-state index contributed by atoms with van der Waals surface area (Å²) in [4.78, 5) is 7.19. The lowest BCUT2D eigenvalue weighted by molar-refractivity contribution is 0.191. The average molecular weight is 257 g/mol. The zero-order valence-corrected chi connectivity index (χ0v) is 12.0. The summed E-state index contributed by atoms with van der Waals surface area (Å²) in [6.07, 6.45) is 5.75. The summed E-state index contributed by atoms with van der Waals surface area (Å²) in [6.45, 7) is 8.12. The predicted molar refractivity (Wildman–Crippen MR) is 78.5 cm³/mol. The predicted octanol–water partition coefficient (Wildman–Crippen LogP) is 2.92. The highest BCUT2D eigenvalue weighted by Gasteiger charge is 2.20. The molecule has 0 atom stereocenters. The molecule has 3 nitrogen and oxygen atoms in total. The molecule has 0 saturated carbocycles. The summed E-state index contributed by atoms with van der Waals surface area (Å²) in [5, 5.41) is 0. The number of rotatable bonds is 3. The molecule has 0 aromatic carbocycles. The highest BCUT2D eigenvalue weighted by molar-refractivity contribution is 5.47. The Morgan fingerprint density at radius 3 is 2.79 bits per heavy atom. The van der Waals surface area contributed by atoms with Crippen LogP contribution < -0.4 is 0 Å². The van der Waals surface area contributed by atoms with Crippen LogP contribution in [0.2, 0.25) is 0 Å². The van der Waals surface area contributed by atoms with Crippen LogP contribution in [0.15, 0.2) is 24.4 Å². The number of hydrogen-bond acceptors (Lipinski definition) is 2. The van der Waals surface area contributed by atoms with Gasteiger partial charge in [-0.1, -0.05) is 13.0 Å². The van der Waals surface area contributed by atoms with E-state index in [9.17, 15) is 0 Å². The van der Waals surface area contributed by atoms with Gasteiger partial charge in [0.25, 0.3) is 0 Å². The van der Waals surface area contributed by atoms with Crippen LogP contribution in [0, 0.1) is 12.8 Å². The molecular formula is C16H23N3. The van der Waals surface area contributed by atoms with Crippen LogP contribution in [-0.2, 0) is 6.42 Å². The topological polar surface area (TPSA) is 20.5 Å². The van der Waals surface area contributed by atoms with Gasteiger partial charge in [-0.3, -0.25) is 0 Å². The highest BCUT2D eigenvalue weighted by atomic mass is 15.1. The third-order valence-electron chi connectivity index (χ3n) is 4.44. The number of pyridine rings is 1. The highest BCUT2D eigenvalue weighted by Crippen LogP contribution is 2.22. The normalized spacial score (nSPS) is 18.2. The van der Waals surface area contributed by atoms with Crippen molar-refractivity contribution in [2.24, 2.45) is 5.92 Å². The Kier molecular flexibility index (Phi) is 3.56. The first-order valence-electron chi connectivity index (χ1n) is 7.42. The zero-order valence-electron chi connectivity index (χ0n) is 12.0. The van der Waals surface area contributed by atoms with Crippen molar-refractivity contribution in [3.63, 3.8) is 0 Å². The standard InChI is InChI=1S/C16H23N3/c1-3-18-9-7-14(8-10-18)11-16-17-12-15-6-4-5-13(2)19(15)16/h4-6,12,14H,3,7-11H2,1-2H3. The van der Waals surface area contributed by atoms with Crippen molar-refractivity contribution in [2.45, 2.75) is 33.1 Å². The van der Waals surface area contributed by atoms with Crippen LogP contribution in [0.1, 0.15) is 31.3 Å². The molecule has 19 heavy (non-hydrogen) atoms. The largest absolute Gasteiger partial charge is 0.304 e. The summed E-state index contributed by atoms with van der Waals surface area (Å²) in [7, 11) is 0. The van der Waals surface area contributed by atoms with Crippen LogP contribution in [0.3, 0.4) is 0 Å². The molecule has 0 aliphatic carbocycles. The second-order valence-electron chi connectivity index (χ2n) is 5.68. The third-order valence-corrected chi connectivity index (χ3v) is 4.44. The molecule has 2 aromatic heterocycles. The summed E-state index contributed by atoms with van der Waals surface area (Å²) >= 11 is 0. The minimum absolute atomic E-state index is 0.799. The smallest absolute Gasteiger partial charge is 0.113 e. The summed E-state index contributed by atoms with van der Waals surface area (Å²) < 4.78 is 2.31. The molecule has 0 bridgehead atoms. The van der Waals surface area contributed by atoms with Gasteiger partial charge in [-0.15, -0.1) is 0 Å². The van der Waals surface area contributed by atoms with Gasteiger partial charge in [-0.2, -0.15) is 0 Å². The van der Waals surface area contributed by atoms with Gasteiger partial charge in [0.1, 0.15) is 5.82 Å². The number of likely N-dealkylation sites (tertiary alicyclic amines) is 1. The maximum atomic E-state index is 4.64. The zero-order chi connectivity index (χ0) is 13.2. The van der Waals surface area contributed by atoms with Crippen molar-refractivity contribution in [2.75, 3.05) is 19.6 Å². The fourth-order valence-electron chi connectivity index (χ4n) is 3.20. The van der Waals surface area contributed by atoms with E-state index in [0.29, 0.717) is 0 Å². The van der Waals surface area contributed by atoms with Gasteiger partial charge in [0, 0.05) is 12.1 Å². The Balaban J connectivity index is 1.75. The van der Waals surface area contributed by atoms with Crippen LogP contribution in [-0.4, -0.2) is 33.9 Å². The van der Waals surface area contributed by atoms with Crippen molar-refractivity contribution in [3.05, 3.63) is 35.9 Å². The Hall–Kier alpha value is -1.35. The molecule has 3 heterocycles. The molecule has 0 amide bonds. The van der Waals surface area contributed by atoms with Gasteiger partial charge in [0.15, 0.2) is 0 Å². The molecule has 1 saturated heterocycles. The van der Waals surface area contributed by atoms with Gasteiger partial charge in [0.2, 0.25) is 0 Å². The molecule has 2 aromatic rings. The van der Waals surface area contributed by atoms with E-state index < -0.39 is 0 Å². The van der Waals surface area contributed by atoms with Gasteiger partial charge in [-0.25, -0.2) is 4.98 Å². The monoisotopic (exact) mass is 257 g/mol. The first-order valence-corrected chi connectivity index (χ1v) is 7.42. The molecule has 3 rings (SSSR count). The van der Waals surface area contributed by atoms with Crippen molar-refractivity contribution >= 4 is 5.52 Å². The lowest BCUT2D eigenvalue weighted by atomic mass is 9.93. The van der Waals surface area contributed by atoms with E-state index in [4.69, 9.17) is 0 Å². The van der Waals surface area contributed by atoms with Crippen molar-refractivity contribution in [1.29, 1.82) is 0 Å². The van der Waals surface area contributed by atoms with E-state index in [0.717, 1.165) is 12.3 Å². The lowest BCUT2D eigenvalue weighted by Gasteiger charge is -2.30. The number of fused-ring (bicyclic) bond motifs is 1. The van der Waals surface area contributed by atoms with Gasteiger partial charge >= 0.3 is 0 Å². The third kappa shape index (κ3) is 2.52. The van der Waals surface area contributed by atoms with E-state index in [-0.39, 0.29) is 0 Å². The Bertz CT molecular complexity index is 550. The Morgan fingerprint density at radius 2 is 2.05 bits per heavy atom. The molecule has 1 fully saturated rings. The first-order chi connectivity index (χ1) is 9.28. The van der Waals surface area contributed by atoms with E-state index in [1.807, 2.05) is 6.20 Å². The van der Waals surface area contributed by atoms with Crippen LogP contribution >= 0.6 is 0 Å². The number of piperidine rings is 1. The second-order valence-corrected chi connectivity index (χ2v) is 5.68. The maximum Gasteiger partial charge on any atom is 0.113 e. The number of aryl methyl sites for hydroxylation is 1. The first kappa shape index (κ1) is 12.7. The number of nitrogens with zero attached hydrogens (tertiary/aromatic N) is 3. The van der Waals surface area contributed by atoms with E-state index in [2.05, 4.69) is 46.3 Å². The van der Waals surface area contributed by atoms with Crippen molar-refractivity contribution in [1.82, 2.24) is 14.3 Å². The van der Waals surface area contributed by atoms with E-state index >= 15 is 0 Å². The van der Waals surface area contributed by atoms with E-state index in [1.54, 1.807) is 0 Å². The maximum absolute atomic E-state index is 4.64. The summed E-state index contributed by atoms with van der Waals surface area (Å²) in [5.41, 5.74) is 2.51. The quantitative estimate of drug-likeness (QED) is 0.842. The molecule has 102 valence electrons. The second kappa shape index (κ2) is 5.33. The van der Waals surface area contributed by atoms with Crippen molar-refractivity contribution in [3.8, 4) is 0 Å². The number of hydrogen-bond donors (Lipinski definition) is 0. The molecule has 0 unspecified atom stereocenters. The fraction of sp³-hybridized carbons (Fsp3) is 0.562. The average Bonchev–Trinajstić information content (AvgIpc) is 2.84. The molecular weight excluding hydrogens is 234 g/mol. The summed E-state index contributed by atoms with van der Waals surface area (Å²) in [6, 6.07) is 6.41. The van der Waals surface area contributed by atoms with Crippen LogP contribution in [0.25, 0.3) is 5.52 Å². The van der Waals surface area contributed by atoms with E-state index in [1.165, 1.54) is 49.5 Å². The lowest BCUT2D eigenvalue weighted by Crippen LogP contribution is -2.34. The SMILES string of the molecule is CCN1CCC(Cc2ncc3cccc(C)n23)CC1. The molecule has 3 heteroatoms. The van der Waals surface area contributed by atoms with Crippen LogP contribution in [0.5, 0.6) is 0 Å². The molecule has 1 aliphatic heterocycles. The summed E-state index contributed by atoms with van der Waals surface area (Å²) in [5.74, 6) is 2.04. The Morgan fingerprint density at radius 1 is 1.26 bits per heavy atom. The molecule has 1 aliphatic rings. The van der Waals surface area contributed by atoms with Gasteiger partial charge in [-0.05, 0) is 57.5 Å². The number of aromatic nitrogens is 2. The minimum atomic E-state index is 0.799.